The highest BCUT2D eigenvalue weighted by Crippen LogP contribution is 2.32. The van der Waals surface area contributed by atoms with Gasteiger partial charge in [0.2, 0.25) is 0 Å². The highest BCUT2D eigenvalue weighted by atomic mass is 35.5. The van der Waals surface area contributed by atoms with Crippen molar-refractivity contribution in [3.05, 3.63) is 33.8 Å². The zero-order chi connectivity index (χ0) is 9.26. The lowest BCUT2D eigenvalue weighted by Gasteiger charge is -2.24. The number of hydrogen-bond donors (Lipinski definition) is 0. The summed E-state index contributed by atoms with van der Waals surface area (Å²) in [5.41, 5.74) is 1.30. The van der Waals surface area contributed by atoms with Gasteiger partial charge in [-0.1, -0.05) is 29.3 Å². The molecule has 0 spiro atoms. The number of benzene rings is 1. The van der Waals surface area contributed by atoms with Crippen molar-refractivity contribution in [1.29, 1.82) is 0 Å². The highest BCUT2D eigenvalue weighted by Gasteiger charge is 2.18. The van der Waals surface area contributed by atoms with Gasteiger partial charge in [0.1, 0.15) is 0 Å². The van der Waals surface area contributed by atoms with E-state index in [2.05, 4.69) is 6.07 Å². The first-order valence-electron chi connectivity index (χ1n) is 4.31. The lowest BCUT2D eigenvalue weighted by Crippen LogP contribution is -2.17. The van der Waals surface area contributed by atoms with Crippen LogP contribution in [0.15, 0.2) is 18.2 Å². The van der Waals surface area contributed by atoms with E-state index in [4.69, 9.17) is 23.2 Å². The van der Waals surface area contributed by atoms with Crippen LogP contribution in [0.3, 0.4) is 0 Å². The first kappa shape index (κ1) is 9.70. The molecule has 1 fully saturated rings. The van der Waals surface area contributed by atoms with Gasteiger partial charge in [-0.2, -0.15) is 11.8 Å². The summed E-state index contributed by atoms with van der Waals surface area (Å²) in [5, 5.41) is 2.12. The van der Waals surface area contributed by atoms with Gasteiger partial charge < -0.3 is 0 Å². The molecule has 0 bridgehead atoms. The second-order valence-electron chi connectivity index (χ2n) is 3.23. The molecule has 1 aliphatic heterocycles. The predicted octanol–water partition coefficient (Wildman–Crippen LogP) is 4.04. The van der Waals surface area contributed by atoms with E-state index in [0.717, 1.165) is 11.7 Å². The van der Waals surface area contributed by atoms with E-state index in [-0.39, 0.29) is 0 Å². The molecule has 0 amide bonds. The Morgan fingerprint density at radius 1 is 1.31 bits per heavy atom. The largest absolute Gasteiger partial charge is 0.158 e. The molecule has 1 heterocycles. The molecular formula is C10H10Cl2S. The summed E-state index contributed by atoms with van der Waals surface area (Å²) >= 11 is 13.8. The van der Waals surface area contributed by atoms with Crippen molar-refractivity contribution >= 4 is 35.0 Å². The van der Waals surface area contributed by atoms with E-state index in [0.29, 0.717) is 10.0 Å². The Balaban J connectivity index is 2.07. The normalized spacial score (nSPS) is 21.2. The van der Waals surface area contributed by atoms with Gasteiger partial charge in [0, 0.05) is 5.25 Å². The zero-order valence-corrected chi connectivity index (χ0v) is 9.42. The Bertz CT molecular complexity index is 308. The Labute approximate surface area is 92.6 Å². The molecule has 0 radical (unpaired) electrons. The molecule has 13 heavy (non-hydrogen) atoms. The van der Waals surface area contributed by atoms with Crippen LogP contribution >= 0.6 is 35.0 Å². The maximum Gasteiger partial charge on any atom is 0.0595 e. The lowest BCUT2D eigenvalue weighted by atomic mass is 10.1. The minimum absolute atomic E-state index is 0.645. The molecular weight excluding hydrogens is 223 g/mol. The maximum atomic E-state index is 5.92. The summed E-state index contributed by atoms with van der Waals surface area (Å²) in [6, 6.07) is 5.92. The van der Waals surface area contributed by atoms with E-state index >= 15 is 0 Å². The smallest absolute Gasteiger partial charge is 0.0595 e. The fourth-order valence-corrected chi connectivity index (χ4v) is 2.58. The van der Waals surface area contributed by atoms with Gasteiger partial charge in [0.25, 0.3) is 0 Å². The minimum Gasteiger partial charge on any atom is -0.158 e. The molecule has 1 aromatic carbocycles. The topological polar surface area (TPSA) is 0 Å². The van der Waals surface area contributed by atoms with Crippen molar-refractivity contribution in [1.82, 2.24) is 0 Å². The third kappa shape index (κ3) is 2.34. The Kier molecular flexibility index (Phi) is 3.07. The molecule has 2 rings (SSSR count). The average Bonchev–Trinajstić information content (AvgIpc) is 2.04. The summed E-state index contributed by atoms with van der Waals surface area (Å²) in [6.45, 7) is 0. The molecule has 1 unspecified atom stereocenters. The first-order chi connectivity index (χ1) is 6.25. The third-order valence-electron chi connectivity index (χ3n) is 2.24. The molecule has 0 aromatic heterocycles. The van der Waals surface area contributed by atoms with Gasteiger partial charge in [-0.25, -0.2) is 0 Å². The van der Waals surface area contributed by atoms with E-state index in [9.17, 15) is 0 Å². The quantitative estimate of drug-likeness (QED) is 0.742. The summed E-state index contributed by atoms with van der Waals surface area (Å²) in [7, 11) is 0. The summed E-state index contributed by atoms with van der Waals surface area (Å²) < 4.78 is 0. The molecule has 0 aliphatic carbocycles. The van der Waals surface area contributed by atoms with E-state index in [1.54, 1.807) is 0 Å². The molecule has 1 aromatic rings. The van der Waals surface area contributed by atoms with Gasteiger partial charge in [0.05, 0.1) is 10.0 Å². The Morgan fingerprint density at radius 2 is 2.08 bits per heavy atom. The van der Waals surface area contributed by atoms with E-state index in [1.807, 2.05) is 23.9 Å². The fraction of sp³-hybridized carbons (Fsp3) is 0.400. The molecule has 0 saturated carbocycles. The van der Waals surface area contributed by atoms with Gasteiger partial charge in [0.15, 0.2) is 0 Å². The van der Waals surface area contributed by atoms with Crippen LogP contribution in [0.2, 0.25) is 10.0 Å². The Hall–Kier alpha value is 0.150. The van der Waals surface area contributed by atoms with Crippen LogP contribution in [-0.2, 0) is 6.42 Å². The molecule has 0 nitrogen and oxygen atoms in total. The third-order valence-corrected chi connectivity index (χ3v) is 4.32. The fourth-order valence-electron chi connectivity index (χ4n) is 1.38. The molecule has 1 aliphatic rings. The van der Waals surface area contributed by atoms with Gasteiger partial charge in [-0.05, 0) is 36.3 Å². The first-order valence-corrected chi connectivity index (χ1v) is 6.12. The molecule has 0 N–H and O–H groups in total. The van der Waals surface area contributed by atoms with Crippen LogP contribution in [0, 0.1) is 0 Å². The van der Waals surface area contributed by atoms with Crippen LogP contribution in [0.25, 0.3) is 0 Å². The molecule has 3 heteroatoms. The summed E-state index contributed by atoms with van der Waals surface area (Å²) in [6.07, 6.45) is 2.46. The van der Waals surface area contributed by atoms with E-state index in [1.165, 1.54) is 17.7 Å². The van der Waals surface area contributed by atoms with Gasteiger partial charge in [-0.3, -0.25) is 0 Å². The van der Waals surface area contributed by atoms with Crippen molar-refractivity contribution in [2.75, 3.05) is 5.75 Å². The lowest BCUT2D eigenvalue weighted by molar-refractivity contribution is 0.779. The number of rotatable bonds is 2. The van der Waals surface area contributed by atoms with Crippen LogP contribution < -0.4 is 0 Å². The summed E-state index contributed by atoms with van der Waals surface area (Å²) in [4.78, 5) is 0. The van der Waals surface area contributed by atoms with Gasteiger partial charge in [-0.15, -0.1) is 0 Å². The van der Waals surface area contributed by atoms with Crippen molar-refractivity contribution in [3.63, 3.8) is 0 Å². The average molecular weight is 233 g/mol. The molecule has 1 atom stereocenters. The van der Waals surface area contributed by atoms with E-state index < -0.39 is 0 Å². The minimum atomic E-state index is 0.645. The molecule has 70 valence electrons. The zero-order valence-electron chi connectivity index (χ0n) is 7.09. The highest BCUT2D eigenvalue weighted by molar-refractivity contribution is 8.01. The summed E-state index contributed by atoms with van der Waals surface area (Å²) in [5.74, 6) is 1.31. The van der Waals surface area contributed by atoms with Crippen molar-refractivity contribution in [3.8, 4) is 0 Å². The second kappa shape index (κ2) is 4.12. The van der Waals surface area contributed by atoms with Crippen LogP contribution in [0.5, 0.6) is 0 Å². The SMILES string of the molecule is Clc1ccc(CC2CCS2)cc1Cl. The standard InChI is InChI=1S/C10H10Cl2S/c11-9-2-1-7(6-10(9)12)5-8-3-4-13-8/h1-2,6,8H,3-5H2. The predicted molar refractivity (Wildman–Crippen MR) is 61.0 cm³/mol. The molecule has 1 saturated heterocycles. The van der Waals surface area contributed by atoms with Crippen LogP contribution in [-0.4, -0.2) is 11.0 Å². The van der Waals surface area contributed by atoms with Crippen molar-refractivity contribution in [2.24, 2.45) is 0 Å². The van der Waals surface area contributed by atoms with Gasteiger partial charge >= 0.3 is 0 Å². The van der Waals surface area contributed by atoms with Crippen LogP contribution in [0.1, 0.15) is 12.0 Å². The number of thioether (sulfide) groups is 1. The Morgan fingerprint density at radius 3 is 2.62 bits per heavy atom. The van der Waals surface area contributed by atoms with Crippen LogP contribution in [0.4, 0.5) is 0 Å². The number of halogens is 2. The van der Waals surface area contributed by atoms with Crippen molar-refractivity contribution < 1.29 is 0 Å². The maximum absolute atomic E-state index is 5.92. The van der Waals surface area contributed by atoms with Crippen molar-refractivity contribution in [2.45, 2.75) is 18.1 Å². The number of hydrogen-bond acceptors (Lipinski definition) is 1. The monoisotopic (exact) mass is 232 g/mol. The second-order valence-corrected chi connectivity index (χ2v) is 5.46.